The molecule has 0 heterocycles. The highest BCUT2D eigenvalue weighted by Crippen LogP contribution is 2.16. The van der Waals surface area contributed by atoms with Gasteiger partial charge in [0.1, 0.15) is 0 Å². The lowest BCUT2D eigenvalue weighted by Gasteiger charge is -2.37. The Balaban J connectivity index is 2.92. The summed E-state index contributed by atoms with van der Waals surface area (Å²) in [6.07, 6.45) is 0.743. The molecule has 20 heavy (non-hydrogen) atoms. The number of carbonyl (C=O) groups excluding carboxylic acids is 2. The van der Waals surface area contributed by atoms with E-state index in [2.05, 4.69) is 5.43 Å². The molecule has 0 aliphatic carbocycles. The highest BCUT2D eigenvalue weighted by atomic mass is 16.2. The van der Waals surface area contributed by atoms with Gasteiger partial charge in [-0.05, 0) is 39.3 Å². The van der Waals surface area contributed by atoms with Crippen molar-refractivity contribution < 1.29 is 9.59 Å². The average molecular weight is 276 g/mol. The van der Waals surface area contributed by atoms with E-state index in [0.29, 0.717) is 5.56 Å². The predicted octanol–water partition coefficient (Wildman–Crippen LogP) is 3.00. The highest BCUT2D eigenvalue weighted by Gasteiger charge is 2.30. The maximum absolute atomic E-state index is 12.4. The number of carbonyl (C=O) groups is 2. The van der Waals surface area contributed by atoms with Gasteiger partial charge in [-0.2, -0.15) is 0 Å². The summed E-state index contributed by atoms with van der Waals surface area (Å²) >= 11 is 0. The van der Waals surface area contributed by atoms with Crippen molar-refractivity contribution in [3.8, 4) is 0 Å². The minimum absolute atomic E-state index is 0.0655. The van der Waals surface area contributed by atoms with Crippen LogP contribution >= 0.6 is 0 Å². The molecule has 0 fully saturated rings. The zero-order valence-electron chi connectivity index (χ0n) is 12.9. The SMILES string of the molecule is CCC(C)C(=O)N(NC(=O)c1ccccc1)C(C)(C)C. The first-order chi connectivity index (χ1) is 9.27. The fourth-order valence-electron chi connectivity index (χ4n) is 1.70. The van der Waals surface area contributed by atoms with Crippen LogP contribution in [-0.4, -0.2) is 22.4 Å². The first kappa shape index (κ1) is 16.2. The Hall–Kier alpha value is -1.84. The third kappa shape index (κ3) is 4.08. The lowest BCUT2D eigenvalue weighted by Crippen LogP contribution is -2.57. The molecule has 1 aromatic rings. The zero-order chi connectivity index (χ0) is 15.3. The monoisotopic (exact) mass is 276 g/mol. The van der Waals surface area contributed by atoms with Crippen molar-refractivity contribution >= 4 is 11.8 Å². The Morgan fingerprint density at radius 3 is 2.20 bits per heavy atom. The molecule has 1 rings (SSSR count). The molecule has 4 nitrogen and oxygen atoms in total. The number of benzene rings is 1. The van der Waals surface area contributed by atoms with Gasteiger partial charge in [0.2, 0.25) is 5.91 Å². The van der Waals surface area contributed by atoms with Gasteiger partial charge in [-0.1, -0.05) is 32.0 Å². The highest BCUT2D eigenvalue weighted by molar-refractivity contribution is 5.95. The maximum atomic E-state index is 12.4. The molecular formula is C16H24N2O2. The molecule has 1 aromatic carbocycles. The van der Waals surface area contributed by atoms with E-state index in [1.54, 1.807) is 24.3 Å². The van der Waals surface area contributed by atoms with E-state index in [0.717, 1.165) is 6.42 Å². The van der Waals surface area contributed by atoms with Crippen LogP contribution in [0, 0.1) is 5.92 Å². The normalized spacial score (nSPS) is 12.7. The van der Waals surface area contributed by atoms with Crippen LogP contribution < -0.4 is 5.43 Å². The number of hydrazine groups is 1. The number of hydrogen-bond donors (Lipinski definition) is 1. The Morgan fingerprint density at radius 1 is 1.20 bits per heavy atom. The standard InChI is InChI=1S/C16H24N2O2/c1-6-12(2)15(20)18(16(3,4)5)17-14(19)13-10-8-7-9-11-13/h7-12H,6H2,1-5H3,(H,17,19). The van der Waals surface area contributed by atoms with E-state index < -0.39 is 5.54 Å². The van der Waals surface area contributed by atoms with Gasteiger partial charge in [0, 0.05) is 11.5 Å². The van der Waals surface area contributed by atoms with Crippen molar-refractivity contribution in [3.63, 3.8) is 0 Å². The number of hydrogen-bond acceptors (Lipinski definition) is 2. The second kappa shape index (κ2) is 6.55. The van der Waals surface area contributed by atoms with Gasteiger partial charge in [-0.15, -0.1) is 0 Å². The summed E-state index contributed by atoms with van der Waals surface area (Å²) in [4.78, 5) is 24.6. The quantitative estimate of drug-likeness (QED) is 0.863. The van der Waals surface area contributed by atoms with Crippen molar-refractivity contribution in [2.24, 2.45) is 5.92 Å². The Kier molecular flexibility index (Phi) is 5.31. The molecule has 110 valence electrons. The predicted molar refractivity (Wildman–Crippen MR) is 80.0 cm³/mol. The van der Waals surface area contributed by atoms with E-state index in [9.17, 15) is 9.59 Å². The van der Waals surface area contributed by atoms with E-state index in [-0.39, 0.29) is 17.7 Å². The number of nitrogens with one attached hydrogen (secondary N) is 1. The van der Waals surface area contributed by atoms with Crippen LogP contribution in [0.25, 0.3) is 0 Å². The van der Waals surface area contributed by atoms with Crippen LogP contribution in [0.4, 0.5) is 0 Å². The second-order valence-electron chi connectivity index (χ2n) is 5.96. The topological polar surface area (TPSA) is 49.4 Å². The molecule has 0 saturated carbocycles. The molecule has 2 amide bonds. The molecule has 0 radical (unpaired) electrons. The summed E-state index contributed by atoms with van der Waals surface area (Å²) in [7, 11) is 0. The Labute approximate surface area is 121 Å². The number of amides is 2. The second-order valence-corrected chi connectivity index (χ2v) is 5.96. The summed E-state index contributed by atoms with van der Waals surface area (Å²) in [6.45, 7) is 9.54. The molecule has 0 spiro atoms. The minimum atomic E-state index is -0.467. The number of rotatable bonds is 3. The summed E-state index contributed by atoms with van der Waals surface area (Å²) in [5.41, 5.74) is 2.81. The molecule has 0 bridgehead atoms. The molecule has 1 unspecified atom stereocenters. The summed E-state index contributed by atoms with van der Waals surface area (Å²) in [5.74, 6) is -0.452. The average Bonchev–Trinajstić information content (AvgIpc) is 2.42. The molecule has 0 aliphatic heterocycles. The van der Waals surface area contributed by atoms with Crippen molar-refractivity contribution in [2.75, 3.05) is 0 Å². The van der Waals surface area contributed by atoms with Crippen molar-refractivity contribution in [2.45, 2.75) is 46.6 Å². The van der Waals surface area contributed by atoms with Gasteiger partial charge >= 0.3 is 0 Å². The van der Waals surface area contributed by atoms with Crippen molar-refractivity contribution in [1.82, 2.24) is 10.4 Å². The minimum Gasteiger partial charge on any atom is -0.273 e. The Bertz CT molecular complexity index is 463. The van der Waals surface area contributed by atoms with Gasteiger partial charge in [0.05, 0.1) is 5.54 Å². The van der Waals surface area contributed by atoms with E-state index in [1.165, 1.54) is 5.01 Å². The summed E-state index contributed by atoms with van der Waals surface area (Å²) < 4.78 is 0. The van der Waals surface area contributed by atoms with E-state index in [4.69, 9.17) is 0 Å². The van der Waals surface area contributed by atoms with Crippen molar-refractivity contribution in [3.05, 3.63) is 35.9 Å². The molecule has 1 atom stereocenters. The van der Waals surface area contributed by atoms with Crippen LogP contribution in [0.3, 0.4) is 0 Å². The molecule has 4 heteroatoms. The first-order valence-electron chi connectivity index (χ1n) is 6.97. The summed E-state index contributed by atoms with van der Waals surface area (Å²) in [5, 5.41) is 1.44. The van der Waals surface area contributed by atoms with Crippen LogP contribution in [0.1, 0.15) is 51.4 Å². The molecule has 1 N–H and O–H groups in total. The van der Waals surface area contributed by atoms with Crippen molar-refractivity contribution in [1.29, 1.82) is 0 Å². The van der Waals surface area contributed by atoms with E-state index >= 15 is 0 Å². The first-order valence-corrected chi connectivity index (χ1v) is 6.97. The third-order valence-corrected chi connectivity index (χ3v) is 3.17. The fraction of sp³-hybridized carbons (Fsp3) is 0.500. The maximum Gasteiger partial charge on any atom is 0.269 e. The smallest absolute Gasteiger partial charge is 0.269 e. The van der Waals surface area contributed by atoms with Gasteiger partial charge < -0.3 is 0 Å². The third-order valence-electron chi connectivity index (χ3n) is 3.17. The van der Waals surface area contributed by atoms with Crippen LogP contribution in [0.5, 0.6) is 0 Å². The molecule has 0 saturated heterocycles. The molecular weight excluding hydrogens is 252 g/mol. The fourth-order valence-corrected chi connectivity index (χ4v) is 1.70. The zero-order valence-corrected chi connectivity index (χ0v) is 12.9. The molecule has 0 aliphatic rings. The lowest BCUT2D eigenvalue weighted by molar-refractivity contribution is -0.143. The van der Waals surface area contributed by atoms with Gasteiger partial charge in [-0.3, -0.25) is 15.0 Å². The van der Waals surface area contributed by atoms with Crippen LogP contribution in [0.15, 0.2) is 30.3 Å². The van der Waals surface area contributed by atoms with Crippen LogP contribution in [0.2, 0.25) is 0 Å². The summed E-state index contributed by atoms with van der Waals surface area (Å²) in [6, 6.07) is 8.90. The largest absolute Gasteiger partial charge is 0.273 e. The number of nitrogens with zero attached hydrogens (tertiary/aromatic N) is 1. The van der Waals surface area contributed by atoms with Gasteiger partial charge in [-0.25, -0.2) is 5.01 Å². The van der Waals surface area contributed by atoms with Crippen LogP contribution in [-0.2, 0) is 4.79 Å². The Morgan fingerprint density at radius 2 is 1.75 bits per heavy atom. The molecule has 0 aromatic heterocycles. The van der Waals surface area contributed by atoms with Gasteiger partial charge in [0.25, 0.3) is 5.91 Å². The van der Waals surface area contributed by atoms with Gasteiger partial charge in [0.15, 0.2) is 0 Å². The lowest BCUT2D eigenvalue weighted by atomic mass is 10.0. The van der Waals surface area contributed by atoms with E-state index in [1.807, 2.05) is 40.7 Å².